The number of halogens is 1. The lowest BCUT2D eigenvalue weighted by Crippen LogP contribution is -2.23. The fourth-order valence-corrected chi connectivity index (χ4v) is 3.66. The second-order valence-corrected chi connectivity index (χ2v) is 7.57. The molecule has 0 aliphatic rings. The number of carbonyl (C=O) groups excluding carboxylic acids is 1. The molecule has 0 fully saturated rings. The molecule has 0 aliphatic carbocycles. The summed E-state index contributed by atoms with van der Waals surface area (Å²) in [5.74, 6) is -0.118. The summed E-state index contributed by atoms with van der Waals surface area (Å²) in [6.45, 7) is 1.08. The van der Waals surface area contributed by atoms with Crippen LogP contribution in [-0.4, -0.2) is 15.7 Å². The molecule has 0 atom stereocenters. The van der Waals surface area contributed by atoms with E-state index in [0.29, 0.717) is 18.7 Å². The highest BCUT2D eigenvalue weighted by atomic mass is 79.9. The van der Waals surface area contributed by atoms with Crippen LogP contribution >= 0.6 is 15.9 Å². The van der Waals surface area contributed by atoms with Crippen LogP contribution in [0.25, 0.3) is 11.3 Å². The average molecular weight is 446 g/mol. The van der Waals surface area contributed by atoms with Crippen LogP contribution in [0.4, 0.5) is 0 Å². The van der Waals surface area contributed by atoms with Crippen molar-refractivity contribution in [3.8, 4) is 11.3 Å². The standard InChI is InChI=1S/C24H20BrN3O/c25-22-14-8-7-13-21(22)24(29)26-15-20-17-28(16-18-9-3-1-4-10-18)27-23(20)19-11-5-2-6-12-19/h1-14,17H,15-16H2,(H,26,29). The van der Waals surface area contributed by atoms with Crippen LogP contribution in [0.1, 0.15) is 21.5 Å². The van der Waals surface area contributed by atoms with Crippen molar-refractivity contribution < 1.29 is 4.79 Å². The minimum absolute atomic E-state index is 0.118. The monoisotopic (exact) mass is 445 g/mol. The molecular weight excluding hydrogens is 426 g/mol. The summed E-state index contributed by atoms with van der Waals surface area (Å²) in [5.41, 5.74) is 4.69. The lowest BCUT2D eigenvalue weighted by Gasteiger charge is -2.07. The van der Waals surface area contributed by atoms with Crippen molar-refractivity contribution in [2.75, 3.05) is 0 Å². The third-order valence-electron chi connectivity index (χ3n) is 4.63. The van der Waals surface area contributed by atoms with Crippen LogP contribution in [0.3, 0.4) is 0 Å². The summed E-state index contributed by atoms with van der Waals surface area (Å²) in [6.07, 6.45) is 2.01. The van der Waals surface area contributed by atoms with E-state index in [1.165, 1.54) is 5.56 Å². The molecule has 5 heteroatoms. The molecule has 4 nitrogen and oxygen atoms in total. The lowest BCUT2D eigenvalue weighted by molar-refractivity contribution is 0.0950. The molecule has 0 aliphatic heterocycles. The van der Waals surface area contributed by atoms with Gasteiger partial charge in [-0.1, -0.05) is 72.8 Å². The molecule has 0 saturated carbocycles. The Kier molecular flexibility index (Phi) is 5.86. The summed E-state index contributed by atoms with van der Waals surface area (Å²) < 4.78 is 2.71. The number of amides is 1. The molecule has 1 N–H and O–H groups in total. The molecule has 0 saturated heterocycles. The van der Waals surface area contributed by atoms with Gasteiger partial charge in [-0.3, -0.25) is 9.48 Å². The van der Waals surface area contributed by atoms with Gasteiger partial charge in [0, 0.05) is 28.3 Å². The highest BCUT2D eigenvalue weighted by Crippen LogP contribution is 2.23. The largest absolute Gasteiger partial charge is 0.348 e. The molecule has 4 aromatic rings. The smallest absolute Gasteiger partial charge is 0.252 e. The van der Waals surface area contributed by atoms with Crippen LogP contribution in [-0.2, 0) is 13.1 Å². The summed E-state index contributed by atoms with van der Waals surface area (Å²) in [7, 11) is 0. The van der Waals surface area contributed by atoms with Crippen LogP contribution < -0.4 is 5.32 Å². The van der Waals surface area contributed by atoms with E-state index in [-0.39, 0.29) is 5.91 Å². The Morgan fingerprint density at radius 2 is 1.55 bits per heavy atom. The molecule has 4 rings (SSSR count). The first-order chi connectivity index (χ1) is 14.2. The second kappa shape index (κ2) is 8.88. The van der Waals surface area contributed by atoms with E-state index in [4.69, 9.17) is 5.10 Å². The maximum atomic E-state index is 12.6. The van der Waals surface area contributed by atoms with E-state index in [0.717, 1.165) is 21.3 Å². The number of aromatic nitrogens is 2. The third-order valence-corrected chi connectivity index (χ3v) is 5.32. The fourth-order valence-electron chi connectivity index (χ4n) is 3.20. The van der Waals surface area contributed by atoms with Crippen LogP contribution in [0.2, 0.25) is 0 Å². The van der Waals surface area contributed by atoms with Crippen molar-refractivity contribution in [1.82, 2.24) is 15.1 Å². The van der Waals surface area contributed by atoms with Gasteiger partial charge in [0.25, 0.3) is 5.91 Å². The Morgan fingerprint density at radius 3 is 2.28 bits per heavy atom. The Bertz CT molecular complexity index is 1110. The van der Waals surface area contributed by atoms with Crippen LogP contribution in [0.15, 0.2) is 95.6 Å². The van der Waals surface area contributed by atoms with E-state index < -0.39 is 0 Å². The first-order valence-corrected chi connectivity index (χ1v) is 10.2. The molecule has 0 radical (unpaired) electrons. The maximum Gasteiger partial charge on any atom is 0.252 e. The number of nitrogens with zero attached hydrogens (tertiary/aromatic N) is 2. The van der Waals surface area contributed by atoms with Crippen molar-refractivity contribution in [2.45, 2.75) is 13.1 Å². The second-order valence-electron chi connectivity index (χ2n) is 6.71. The zero-order valence-electron chi connectivity index (χ0n) is 15.8. The van der Waals surface area contributed by atoms with Crippen molar-refractivity contribution in [3.63, 3.8) is 0 Å². The molecular formula is C24H20BrN3O. The summed E-state index contributed by atoms with van der Waals surface area (Å²) >= 11 is 3.44. The maximum absolute atomic E-state index is 12.6. The molecule has 1 aromatic heterocycles. The third kappa shape index (κ3) is 4.63. The SMILES string of the molecule is O=C(NCc1cn(Cc2ccccc2)nc1-c1ccccc1)c1ccccc1Br. The molecule has 1 heterocycles. The van der Waals surface area contributed by atoms with Gasteiger partial charge in [-0.05, 0) is 33.6 Å². The molecule has 0 unspecified atom stereocenters. The zero-order chi connectivity index (χ0) is 20.1. The number of benzene rings is 3. The fraction of sp³-hybridized carbons (Fsp3) is 0.0833. The summed E-state index contributed by atoms with van der Waals surface area (Å²) in [5, 5.41) is 7.82. The molecule has 1 amide bonds. The van der Waals surface area contributed by atoms with E-state index in [2.05, 4.69) is 33.4 Å². The quantitative estimate of drug-likeness (QED) is 0.438. The van der Waals surface area contributed by atoms with Crippen LogP contribution in [0.5, 0.6) is 0 Å². The lowest BCUT2D eigenvalue weighted by atomic mass is 10.1. The van der Waals surface area contributed by atoms with Gasteiger partial charge in [0.2, 0.25) is 0 Å². The van der Waals surface area contributed by atoms with Crippen molar-refractivity contribution >= 4 is 21.8 Å². The Hall–Kier alpha value is -3.18. The number of hydrogen-bond donors (Lipinski definition) is 1. The van der Waals surface area contributed by atoms with Gasteiger partial charge < -0.3 is 5.32 Å². The molecule has 0 bridgehead atoms. The predicted octanol–water partition coefficient (Wildman–Crippen LogP) is 5.29. The zero-order valence-corrected chi connectivity index (χ0v) is 17.3. The average Bonchev–Trinajstić information content (AvgIpc) is 3.16. The molecule has 3 aromatic carbocycles. The molecule has 144 valence electrons. The minimum Gasteiger partial charge on any atom is -0.348 e. The van der Waals surface area contributed by atoms with E-state index >= 15 is 0 Å². The Morgan fingerprint density at radius 1 is 0.897 bits per heavy atom. The first kappa shape index (κ1) is 19.2. The van der Waals surface area contributed by atoms with Gasteiger partial charge in [0.1, 0.15) is 0 Å². The van der Waals surface area contributed by atoms with Crippen molar-refractivity contribution in [1.29, 1.82) is 0 Å². The van der Waals surface area contributed by atoms with E-state index in [1.807, 2.05) is 77.6 Å². The number of nitrogens with one attached hydrogen (secondary N) is 1. The van der Waals surface area contributed by atoms with Crippen molar-refractivity contribution in [2.24, 2.45) is 0 Å². The number of carbonyl (C=O) groups is 1. The number of rotatable bonds is 6. The van der Waals surface area contributed by atoms with Gasteiger partial charge >= 0.3 is 0 Å². The highest BCUT2D eigenvalue weighted by Gasteiger charge is 2.14. The first-order valence-electron chi connectivity index (χ1n) is 9.39. The van der Waals surface area contributed by atoms with E-state index in [1.54, 1.807) is 6.07 Å². The summed E-state index contributed by atoms with van der Waals surface area (Å²) in [4.78, 5) is 12.6. The Labute approximate surface area is 178 Å². The molecule has 29 heavy (non-hydrogen) atoms. The van der Waals surface area contributed by atoms with E-state index in [9.17, 15) is 4.79 Å². The van der Waals surface area contributed by atoms with Gasteiger partial charge in [0.15, 0.2) is 0 Å². The van der Waals surface area contributed by atoms with Gasteiger partial charge in [0.05, 0.1) is 17.8 Å². The normalized spacial score (nSPS) is 10.7. The van der Waals surface area contributed by atoms with Gasteiger partial charge in [-0.25, -0.2) is 0 Å². The van der Waals surface area contributed by atoms with Gasteiger partial charge in [-0.15, -0.1) is 0 Å². The van der Waals surface area contributed by atoms with Gasteiger partial charge in [-0.2, -0.15) is 5.10 Å². The Balaban J connectivity index is 1.59. The molecule has 0 spiro atoms. The van der Waals surface area contributed by atoms with Crippen molar-refractivity contribution in [3.05, 3.63) is 112 Å². The summed E-state index contributed by atoms with van der Waals surface area (Å²) in [6, 6.07) is 27.7. The highest BCUT2D eigenvalue weighted by molar-refractivity contribution is 9.10. The minimum atomic E-state index is -0.118. The predicted molar refractivity (Wildman–Crippen MR) is 119 cm³/mol. The topological polar surface area (TPSA) is 46.9 Å². The van der Waals surface area contributed by atoms with Crippen LogP contribution in [0, 0.1) is 0 Å². The number of hydrogen-bond acceptors (Lipinski definition) is 2.